The maximum absolute atomic E-state index is 13.0. The van der Waals surface area contributed by atoms with Crippen molar-refractivity contribution in [2.45, 2.75) is 13.3 Å². The molecular weight excluding hydrogens is 369 g/mol. The van der Waals surface area contributed by atoms with Crippen LogP contribution in [0.3, 0.4) is 0 Å². The highest BCUT2D eigenvalue weighted by atomic mass is 79.9. The molecule has 0 atom stereocenters. The molecule has 0 amide bonds. The van der Waals surface area contributed by atoms with Crippen LogP contribution >= 0.6 is 38.9 Å². The molecule has 0 saturated carbocycles. The van der Waals surface area contributed by atoms with Gasteiger partial charge in [0.2, 0.25) is 0 Å². The number of nitrogens with zero attached hydrogens (tertiary/aromatic N) is 1. The largest absolute Gasteiger partial charge is 0.462 e. The van der Waals surface area contributed by atoms with Crippen LogP contribution in [0.4, 0.5) is 4.39 Å². The van der Waals surface area contributed by atoms with Gasteiger partial charge in [0, 0.05) is 11.4 Å². The first-order valence-corrected chi connectivity index (χ1v) is 7.76. The fourth-order valence-corrected chi connectivity index (χ4v) is 3.28. The Labute approximate surface area is 132 Å². The Balaban J connectivity index is 2.31. The first kappa shape index (κ1) is 15.4. The molecule has 7 heteroatoms. The summed E-state index contributed by atoms with van der Waals surface area (Å²) in [4.78, 5) is 16.5. The Hall–Kier alpha value is -0.980. The quantitative estimate of drug-likeness (QED) is 0.737. The van der Waals surface area contributed by atoms with E-state index in [9.17, 15) is 9.18 Å². The Morgan fingerprint density at radius 2 is 2.30 bits per heavy atom. The van der Waals surface area contributed by atoms with Crippen LogP contribution in [0.15, 0.2) is 22.1 Å². The number of hydrogen-bond donors (Lipinski definition) is 0. The number of carbonyl (C=O) groups excluding carboxylic acids is 1. The lowest BCUT2D eigenvalue weighted by molar-refractivity contribution is 0.0530. The van der Waals surface area contributed by atoms with Gasteiger partial charge in [-0.25, -0.2) is 14.2 Å². The molecule has 0 fully saturated rings. The van der Waals surface area contributed by atoms with Gasteiger partial charge < -0.3 is 4.74 Å². The number of rotatable bonds is 4. The topological polar surface area (TPSA) is 39.2 Å². The summed E-state index contributed by atoms with van der Waals surface area (Å²) in [6, 6.07) is 4.15. The van der Waals surface area contributed by atoms with Gasteiger partial charge in [-0.2, -0.15) is 0 Å². The summed E-state index contributed by atoms with van der Waals surface area (Å²) in [5.41, 5.74) is 1.27. The highest BCUT2D eigenvalue weighted by Crippen LogP contribution is 2.28. The summed E-state index contributed by atoms with van der Waals surface area (Å²) in [7, 11) is 0. The summed E-state index contributed by atoms with van der Waals surface area (Å²) in [6.45, 7) is 2.04. The number of thiazole rings is 1. The lowest BCUT2D eigenvalue weighted by atomic mass is 10.1. The zero-order valence-electron chi connectivity index (χ0n) is 10.5. The number of benzene rings is 1. The van der Waals surface area contributed by atoms with Crippen LogP contribution < -0.4 is 0 Å². The van der Waals surface area contributed by atoms with Gasteiger partial charge in [0.1, 0.15) is 10.7 Å². The van der Waals surface area contributed by atoms with Gasteiger partial charge in [-0.3, -0.25) is 0 Å². The lowest BCUT2D eigenvalue weighted by Crippen LogP contribution is -2.06. The smallest absolute Gasteiger partial charge is 0.350 e. The number of hydrogen-bond acceptors (Lipinski definition) is 4. The molecule has 106 valence electrons. The van der Waals surface area contributed by atoms with Crippen molar-refractivity contribution < 1.29 is 13.9 Å². The lowest BCUT2D eigenvalue weighted by Gasteiger charge is -2.04. The number of halogens is 3. The van der Waals surface area contributed by atoms with Crippen LogP contribution in [0, 0.1) is 5.82 Å². The third-order valence-electron chi connectivity index (χ3n) is 2.51. The molecule has 1 heterocycles. The third kappa shape index (κ3) is 3.56. The van der Waals surface area contributed by atoms with E-state index in [1.54, 1.807) is 13.0 Å². The Bertz CT molecular complexity index is 647. The van der Waals surface area contributed by atoms with Crippen LogP contribution in [-0.2, 0) is 11.2 Å². The molecule has 0 bridgehead atoms. The van der Waals surface area contributed by atoms with Crippen LogP contribution in [-0.4, -0.2) is 17.6 Å². The van der Waals surface area contributed by atoms with E-state index in [2.05, 4.69) is 20.9 Å². The number of ether oxygens (including phenoxy) is 1. The van der Waals surface area contributed by atoms with E-state index in [1.807, 2.05) is 0 Å². The Kier molecular flexibility index (Phi) is 5.12. The van der Waals surface area contributed by atoms with Crippen molar-refractivity contribution in [2.24, 2.45) is 0 Å². The second kappa shape index (κ2) is 6.65. The fraction of sp³-hybridized carbons (Fsp3) is 0.231. The highest BCUT2D eigenvalue weighted by molar-refractivity contribution is 9.11. The maximum Gasteiger partial charge on any atom is 0.350 e. The molecule has 2 rings (SSSR count). The first-order valence-electron chi connectivity index (χ1n) is 5.77. The van der Waals surface area contributed by atoms with Gasteiger partial charge in [0.25, 0.3) is 0 Å². The molecule has 2 aromatic rings. The van der Waals surface area contributed by atoms with Gasteiger partial charge in [-0.15, -0.1) is 0 Å². The molecule has 1 aromatic carbocycles. The predicted molar refractivity (Wildman–Crippen MR) is 80.0 cm³/mol. The van der Waals surface area contributed by atoms with E-state index < -0.39 is 11.8 Å². The molecule has 0 spiro atoms. The van der Waals surface area contributed by atoms with Gasteiger partial charge in [-0.05, 0) is 40.5 Å². The minimum Gasteiger partial charge on any atom is -0.462 e. The summed E-state index contributed by atoms with van der Waals surface area (Å²) in [5, 5.41) is 0.309. The normalized spacial score (nSPS) is 10.6. The van der Waals surface area contributed by atoms with E-state index in [4.69, 9.17) is 16.3 Å². The van der Waals surface area contributed by atoms with Gasteiger partial charge >= 0.3 is 5.97 Å². The zero-order chi connectivity index (χ0) is 14.7. The number of aromatic nitrogens is 1. The molecule has 0 radical (unpaired) electrons. The van der Waals surface area contributed by atoms with Crippen molar-refractivity contribution >= 4 is 44.8 Å². The zero-order valence-corrected chi connectivity index (χ0v) is 13.6. The van der Waals surface area contributed by atoms with Crippen molar-refractivity contribution in [1.29, 1.82) is 0 Å². The molecule has 0 aliphatic heterocycles. The molecular formula is C13H10BrClFNO2S. The van der Waals surface area contributed by atoms with Crippen LogP contribution in [0.25, 0.3) is 0 Å². The molecule has 3 nitrogen and oxygen atoms in total. The maximum atomic E-state index is 13.0. The standard InChI is InChI=1S/C13H10BrClFNO2S/c1-2-19-12(18)11-10(17-13(14)20-11)5-7-3-4-8(16)6-9(7)15/h3-4,6H,2,5H2,1H3. The molecule has 0 aliphatic rings. The first-order chi connectivity index (χ1) is 9.51. The summed E-state index contributed by atoms with van der Waals surface area (Å²) >= 11 is 10.4. The average Bonchev–Trinajstić information content (AvgIpc) is 2.74. The van der Waals surface area contributed by atoms with Crippen molar-refractivity contribution in [3.05, 3.63) is 49.1 Å². The Morgan fingerprint density at radius 1 is 1.55 bits per heavy atom. The minimum absolute atomic E-state index is 0.297. The van der Waals surface area contributed by atoms with Crippen molar-refractivity contribution in [1.82, 2.24) is 4.98 Å². The van der Waals surface area contributed by atoms with Crippen molar-refractivity contribution in [2.75, 3.05) is 6.61 Å². The summed E-state index contributed by atoms with van der Waals surface area (Å²) in [5.74, 6) is -0.812. The monoisotopic (exact) mass is 377 g/mol. The van der Waals surface area contributed by atoms with Crippen LogP contribution in [0.2, 0.25) is 5.02 Å². The van der Waals surface area contributed by atoms with Crippen molar-refractivity contribution in [3.63, 3.8) is 0 Å². The highest BCUT2D eigenvalue weighted by Gasteiger charge is 2.19. The van der Waals surface area contributed by atoms with Gasteiger partial charge in [0.05, 0.1) is 12.3 Å². The minimum atomic E-state index is -0.413. The third-order valence-corrected chi connectivity index (χ3v) is 4.39. The average molecular weight is 379 g/mol. The molecule has 0 aliphatic carbocycles. The van der Waals surface area contributed by atoms with Crippen molar-refractivity contribution in [3.8, 4) is 0 Å². The van der Waals surface area contributed by atoms with E-state index in [0.717, 1.165) is 0 Å². The summed E-state index contributed by atoms with van der Waals surface area (Å²) in [6.07, 6.45) is 0.343. The van der Waals surface area contributed by atoms with Crippen LogP contribution in [0.5, 0.6) is 0 Å². The van der Waals surface area contributed by atoms with Gasteiger partial charge in [-0.1, -0.05) is 29.0 Å². The number of esters is 1. The summed E-state index contributed by atoms with van der Waals surface area (Å²) < 4.78 is 18.6. The molecule has 0 unspecified atom stereocenters. The van der Waals surface area contributed by atoms with Crippen LogP contribution in [0.1, 0.15) is 27.9 Å². The molecule has 1 aromatic heterocycles. The Morgan fingerprint density at radius 3 is 2.95 bits per heavy atom. The van der Waals surface area contributed by atoms with Gasteiger partial charge in [0.15, 0.2) is 3.92 Å². The predicted octanol–water partition coefficient (Wildman–Crippen LogP) is 4.47. The molecule has 20 heavy (non-hydrogen) atoms. The van der Waals surface area contributed by atoms with E-state index in [-0.39, 0.29) is 0 Å². The molecule has 0 saturated heterocycles. The fourth-order valence-electron chi connectivity index (χ4n) is 1.64. The van der Waals surface area contributed by atoms with E-state index in [1.165, 1.54) is 23.5 Å². The van der Waals surface area contributed by atoms with E-state index in [0.29, 0.717) is 38.1 Å². The second-order valence-corrected chi connectivity index (χ2v) is 6.56. The number of carbonyl (C=O) groups is 1. The second-order valence-electron chi connectivity index (χ2n) is 3.88. The van der Waals surface area contributed by atoms with E-state index >= 15 is 0 Å². The SMILES string of the molecule is CCOC(=O)c1sc(Br)nc1Cc1ccc(F)cc1Cl. The molecule has 0 N–H and O–H groups in total.